The Kier molecular flexibility index (Phi) is 17.4. The lowest BCUT2D eigenvalue weighted by Gasteiger charge is -2.29. The van der Waals surface area contributed by atoms with Gasteiger partial charge in [0.1, 0.15) is 0 Å². The predicted molar refractivity (Wildman–Crippen MR) is 82.9 cm³/mol. The minimum Gasteiger partial charge on any atom is -1.00 e. The number of alkyl halides is 1. The summed E-state index contributed by atoms with van der Waals surface area (Å²) in [6, 6.07) is 0. The number of nitrogens with zero attached hydrogens (tertiary/aromatic N) is 1. The lowest BCUT2D eigenvalue weighted by molar-refractivity contribution is -0.890. The third-order valence-electron chi connectivity index (χ3n) is 3.51. The largest absolute Gasteiger partial charge is 1.00 e. The summed E-state index contributed by atoms with van der Waals surface area (Å²) in [6.45, 7) is 4.98. The Labute approximate surface area is 141 Å². The van der Waals surface area contributed by atoms with Crippen molar-refractivity contribution in [2.45, 2.75) is 64.7 Å². The highest BCUT2D eigenvalue weighted by atomic mass is 127. The van der Waals surface area contributed by atoms with Gasteiger partial charge in [-0.05, 0) is 25.7 Å². The lowest BCUT2D eigenvalue weighted by atomic mass is 10.1. The van der Waals surface area contributed by atoms with Crippen LogP contribution in [0.3, 0.4) is 0 Å². The first-order valence-electron chi connectivity index (χ1n) is 7.50. The van der Waals surface area contributed by atoms with Crippen LogP contribution in [0.2, 0.25) is 0 Å². The summed E-state index contributed by atoms with van der Waals surface area (Å²) in [6.07, 6.45) is 12.6. The fourth-order valence-electron chi connectivity index (χ4n) is 2.24. The maximum Gasteiger partial charge on any atom is 0.0782 e. The smallest absolute Gasteiger partial charge is 0.0782 e. The molecule has 1 nitrogen and oxygen atoms in total. The van der Waals surface area contributed by atoms with Crippen LogP contribution in [0.25, 0.3) is 0 Å². The zero-order valence-electron chi connectivity index (χ0n) is 12.7. The van der Waals surface area contributed by atoms with Gasteiger partial charge in [-0.3, -0.25) is 0 Å². The molecular formula is C15H33BrIN. The van der Waals surface area contributed by atoms with Crippen molar-refractivity contribution in [2.75, 3.05) is 32.5 Å². The molecule has 0 rings (SSSR count). The van der Waals surface area contributed by atoms with E-state index in [9.17, 15) is 0 Å². The quantitative estimate of drug-likeness (QED) is 0.191. The Morgan fingerprint density at radius 2 is 1.17 bits per heavy atom. The van der Waals surface area contributed by atoms with Gasteiger partial charge in [-0.2, -0.15) is 0 Å². The molecule has 3 heteroatoms. The fraction of sp³-hybridized carbons (Fsp3) is 1.00. The molecule has 0 aliphatic heterocycles. The summed E-state index contributed by atoms with van der Waals surface area (Å²) < 4.78 is 1.21. The minimum atomic E-state index is 0. The van der Waals surface area contributed by atoms with Crippen LogP contribution in [0.15, 0.2) is 0 Å². The lowest BCUT2D eigenvalue weighted by Crippen LogP contribution is -3.00. The number of rotatable bonds is 12. The summed E-state index contributed by atoms with van der Waals surface area (Å²) >= 11 is 3.50. The van der Waals surface area contributed by atoms with Gasteiger partial charge >= 0.3 is 0 Å². The molecule has 112 valence electrons. The summed E-state index contributed by atoms with van der Waals surface area (Å²) in [5.74, 6) is 0. The van der Waals surface area contributed by atoms with Crippen LogP contribution < -0.4 is 24.0 Å². The zero-order chi connectivity index (χ0) is 13.0. The van der Waals surface area contributed by atoms with E-state index in [1.165, 1.54) is 75.4 Å². The second kappa shape index (κ2) is 14.6. The molecule has 0 aromatic carbocycles. The highest BCUT2D eigenvalue weighted by molar-refractivity contribution is 9.09. The highest BCUT2D eigenvalue weighted by Crippen LogP contribution is 2.10. The van der Waals surface area contributed by atoms with Gasteiger partial charge in [-0.25, -0.2) is 0 Å². The van der Waals surface area contributed by atoms with Crippen molar-refractivity contribution in [1.82, 2.24) is 0 Å². The van der Waals surface area contributed by atoms with Crippen LogP contribution in [-0.2, 0) is 0 Å². The fourth-order valence-corrected chi connectivity index (χ4v) is 2.64. The Hall–Kier alpha value is 1.17. The predicted octanol–water partition coefficient (Wildman–Crippen LogP) is 1.99. The van der Waals surface area contributed by atoms with E-state index >= 15 is 0 Å². The van der Waals surface area contributed by atoms with Gasteiger partial charge in [-0.15, -0.1) is 0 Å². The molecular weight excluding hydrogens is 401 g/mol. The summed E-state index contributed by atoms with van der Waals surface area (Å²) in [5, 5.41) is 1.16. The van der Waals surface area contributed by atoms with Crippen LogP contribution in [0.4, 0.5) is 0 Å². The molecule has 0 saturated heterocycles. The first-order valence-corrected chi connectivity index (χ1v) is 8.62. The third-order valence-corrected chi connectivity index (χ3v) is 4.07. The second-order valence-corrected chi connectivity index (χ2v) is 6.69. The van der Waals surface area contributed by atoms with Gasteiger partial charge < -0.3 is 28.5 Å². The molecule has 0 atom stereocenters. The van der Waals surface area contributed by atoms with Crippen molar-refractivity contribution in [1.29, 1.82) is 0 Å². The Bertz CT molecular complexity index is 163. The molecule has 0 fully saturated rings. The average Bonchev–Trinajstić information content (AvgIpc) is 2.28. The van der Waals surface area contributed by atoms with Crippen molar-refractivity contribution < 1.29 is 28.5 Å². The van der Waals surface area contributed by atoms with Crippen molar-refractivity contribution >= 4 is 15.9 Å². The number of quaternary nitrogens is 1. The van der Waals surface area contributed by atoms with Gasteiger partial charge in [0.2, 0.25) is 0 Å². The van der Waals surface area contributed by atoms with Crippen molar-refractivity contribution in [3.05, 3.63) is 0 Å². The van der Waals surface area contributed by atoms with Gasteiger partial charge in [0.05, 0.1) is 27.2 Å². The van der Waals surface area contributed by atoms with E-state index in [1.54, 1.807) is 0 Å². The van der Waals surface area contributed by atoms with Crippen molar-refractivity contribution in [3.8, 4) is 0 Å². The minimum absolute atomic E-state index is 0. The van der Waals surface area contributed by atoms with Gasteiger partial charge in [0.25, 0.3) is 0 Å². The second-order valence-electron chi connectivity index (χ2n) is 5.90. The van der Waals surface area contributed by atoms with E-state index < -0.39 is 0 Å². The molecule has 18 heavy (non-hydrogen) atoms. The molecule has 0 spiro atoms. The SMILES string of the molecule is CCCCCCCCC[N+](C)(C)CCCCBr.[I-]. The van der Waals surface area contributed by atoms with E-state index in [0.717, 1.165) is 5.33 Å². The van der Waals surface area contributed by atoms with E-state index in [0.29, 0.717) is 0 Å². The van der Waals surface area contributed by atoms with Crippen LogP contribution in [0, 0.1) is 0 Å². The van der Waals surface area contributed by atoms with Crippen LogP contribution >= 0.6 is 15.9 Å². The molecule has 0 heterocycles. The first-order chi connectivity index (χ1) is 8.12. The maximum atomic E-state index is 3.50. The molecule has 0 N–H and O–H groups in total. The highest BCUT2D eigenvalue weighted by Gasteiger charge is 2.13. The van der Waals surface area contributed by atoms with Crippen LogP contribution in [-0.4, -0.2) is 37.0 Å². The molecule has 0 saturated carbocycles. The van der Waals surface area contributed by atoms with Gasteiger partial charge in [-0.1, -0.05) is 55.0 Å². The van der Waals surface area contributed by atoms with Gasteiger partial charge in [0, 0.05) is 5.33 Å². The van der Waals surface area contributed by atoms with E-state index in [2.05, 4.69) is 36.9 Å². The molecule has 0 radical (unpaired) electrons. The number of halogens is 2. The van der Waals surface area contributed by atoms with E-state index in [-0.39, 0.29) is 24.0 Å². The Morgan fingerprint density at radius 3 is 1.67 bits per heavy atom. The Morgan fingerprint density at radius 1 is 0.722 bits per heavy atom. The maximum absolute atomic E-state index is 3.50. The first kappa shape index (κ1) is 21.5. The molecule has 0 amide bonds. The van der Waals surface area contributed by atoms with Gasteiger partial charge in [0.15, 0.2) is 0 Å². The topological polar surface area (TPSA) is 0 Å². The van der Waals surface area contributed by atoms with Crippen molar-refractivity contribution in [3.63, 3.8) is 0 Å². The normalized spacial score (nSPS) is 11.3. The summed E-state index contributed by atoms with van der Waals surface area (Å²) in [5.41, 5.74) is 0. The Balaban J connectivity index is 0. The number of unbranched alkanes of at least 4 members (excludes halogenated alkanes) is 7. The molecule has 0 aromatic heterocycles. The summed E-state index contributed by atoms with van der Waals surface area (Å²) in [4.78, 5) is 0. The summed E-state index contributed by atoms with van der Waals surface area (Å²) in [7, 11) is 4.76. The number of hydrogen-bond acceptors (Lipinski definition) is 0. The molecule has 0 aliphatic carbocycles. The van der Waals surface area contributed by atoms with Crippen LogP contribution in [0.1, 0.15) is 64.7 Å². The molecule has 0 aromatic rings. The molecule has 0 aliphatic rings. The zero-order valence-corrected chi connectivity index (χ0v) is 16.4. The monoisotopic (exact) mass is 433 g/mol. The third kappa shape index (κ3) is 15.2. The average molecular weight is 434 g/mol. The van der Waals surface area contributed by atoms with E-state index in [1.807, 2.05) is 0 Å². The molecule has 0 unspecified atom stereocenters. The standard InChI is InChI=1S/C15H33BrN.HI/c1-4-5-6-7-8-9-11-14-17(2,3)15-12-10-13-16;/h4-15H2,1-3H3;1H/q+1;/p-1. The van der Waals surface area contributed by atoms with E-state index in [4.69, 9.17) is 0 Å². The van der Waals surface area contributed by atoms with Crippen LogP contribution in [0.5, 0.6) is 0 Å². The number of hydrogen-bond donors (Lipinski definition) is 0. The molecule has 0 bridgehead atoms. The van der Waals surface area contributed by atoms with Crippen molar-refractivity contribution in [2.24, 2.45) is 0 Å².